The number of alkyl carbamates (subject to hydrolysis) is 1. The largest absolute Gasteiger partial charge is 0.534 e. The second-order valence-electron chi connectivity index (χ2n) is 35.9. The summed E-state index contributed by atoms with van der Waals surface area (Å²) in [4.78, 5) is 215. The Morgan fingerprint density at radius 3 is 1.19 bits per heavy atom. The van der Waals surface area contributed by atoms with Crippen molar-refractivity contribution in [2.75, 3.05) is 54.4 Å². The van der Waals surface area contributed by atoms with Gasteiger partial charge in [-0.2, -0.15) is 26.3 Å². The lowest BCUT2D eigenvalue weighted by molar-refractivity contribution is -0.256. The lowest BCUT2D eigenvalue weighted by atomic mass is 9.85. The summed E-state index contributed by atoms with van der Waals surface area (Å²) in [6, 6.07) is 8.68. The number of rotatable bonds is 28. The van der Waals surface area contributed by atoms with Gasteiger partial charge in [0.05, 0.1) is 31.2 Å². The number of benzene rings is 2. The lowest BCUT2D eigenvalue weighted by Crippen LogP contribution is -2.61. The van der Waals surface area contributed by atoms with Gasteiger partial charge in [-0.05, 0) is 109 Å². The van der Waals surface area contributed by atoms with E-state index in [0.29, 0.717) is 45.4 Å². The minimum atomic E-state index is -4.88. The van der Waals surface area contributed by atoms with Crippen LogP contribution in [0.3, 0.4) is 0 Å². The molecular formula is C80H112ClF6N13O19. The Kier molecular flexibility index (Phi) is 31.0. The summed E-state index contributed by atoms with van der Waals surface area (Å²) >= 11 is 0. The highest BCUT2D eigenvalue weighted by Crippen LogP contribution is 2.66. The molecule has 3 aliphatic heterocycles. The van der Waals surface area contributed by atoms with Crippen LogP contribution < -0.4 is 43.0 Å². The molecule has 32 nitrogen and oxygen atoms in total. The highest BCUT2D eigenvalue weighted by Gasteiger charge is 2.71. The molecule has 0 radical (unpaired) electrons. The maximum atomic E-state index is 14.2. The third-order valence-corrected chi connectivity index (χ3v) is 22.6. The first-order valence-electron chi connectivity index (χ1n) is 38.9. The van der Waals surface area contributed by atoms with Crippen LogP contribution in [0.2, 0.25) is 0 Å². The van der Waals surface area contributed by atoms with E-state index >= 15 is 0 Å². The molecule has 4 aliphatic carbocycles. The van der Waals surface area contributed by atoms with Gasteiger partial charge in [0, 0.05) is 54.1 Å². The second-order valence-corrected chi connectivity index (χ2v) is 35.9. The zero-order valence-electron chi connectivity index (χ0n) is 70.1. The molecule has 3 heterocycles. The Morgan fingerprint density at radius 2 is 0.866 bits per heavy atom. The number of hydroxylamine groups is 2. The van der Waals surface area contributed by atoms with Crippen molar-refractivity contribution >= 4 is 107 Å². The maximum Gasteiger partial charge on any atom is 0.534 e. The van der Waals surface area contributed by atoms with Gasteiger partial charge in [-0.25, -0.2) is 9.59 Å². The number of nitrogens with zero attached hydrogens (tertiary/aromatic N) is 5. The molecular weight excluding hydrogens is 1600 g/mol. The highest BCUT2D eigenvalue weighted by atomic mass is 35.5. The highest BCUT2D eigenvalue weighted by molar-refractivity contribution is 6.39. The Bertz CT molecular complexity index is 4150. The Morgan fingerprint density at radius 1 is 0.513 bits per heavy atom. The fourth-order valence-corrected chi connectivity index (χ4v) is 14.4. The van der Waals surface area contributed by atoms with E-state index in [-0.39, 0.29) is 108 Å². The van der Waals surface area contributed by atoms with Crippen molar-refractivity contribution in [3.63, 3.8) is 0 Å². The van der Waals surface area contributed by atoms with E-state index < -0.39 is 179 Å². The number of imide groups is 1. The molecule has 0 bridgehead atoms. The molecule has 8 unspecified atom stereocenters. The molecule has 0 aromatic heterocycles. The molecule has 9 rings (SSSR count). The average Bonchev–Trinajstić information content (AvgIpc) is 1.53. The second kappa shape index (κ2) is 37.7. The molecule has 3 saturated heterocycles. The molecule has 119 heavy (non-hydrogen) atoms. The van der Waals surface area contributed by atoms with Crippen molar-refractivity contribution < 1.29 is 117 Å². The van der Waals surface area contributed by atoms with Crippen molar-refractivity contribution in [1.29, 1.82) is 0 Å². The van der Waals surface area contributed by atoms with E-state index in [9.17, 15) is 103 Å². The smallest absolute Gasteiger partial charge is 0.434 e. The van der Waals surface area contributed by atoms with Gasteiger partial charge in [0.1, 0.15) is 30.2 Å². The molecule has 4 saturated carbocycles. The van der Waals surface area contributed by atoms with Crippen LogP contribution in [0.5, 0.6) is 0 Å². The number of amides is 13. The van der Waals surface area contributed by atoms with Crippen molar-refractivity contribution in [2.45, 2.75) is 220 Å². The van der Waals surface area contributed by atoms with Crippen molar-refractivity contribution in [1.82, 2.24) is 61.9 Å². The Hall–Kier alpha value is -10.0. The molecule has 7 aliphatic rings. The summed E-state index contributed by atoms with van der Waals surface area (Å²) in [5, 5.41) is 17.8. The number of carbonyl (C=O) groups excluding carboxylic acids is 16. The number of Topliss-reactive ketones (excluding diaryl/α,β-unsaturated/α-hetero) is 2. The van der Waals surface area contributed by atoms with Crippen molar-refractivity contribution in [3.8, 4) is 0 Å². The van der Waals surface area contributed by atoms with Gasteiger partial charge in [-0.1, -0.05) is 161 Å². The first kappa shape index (κ1) is 97.8. The number of nitrogens with two attached hydrogens (primary N) is 1. The van der Waals surface area contributed by atoms with Gasteiger partial charge in [0.25, 0.3) is 23.6 Å². The molecule has 0 spiro atoms. The molecule has 13 amide bonds. The molecule has 9 N–H and O–H groups in total. The van der Waals surface area contributed by atoms with E-state index in [1.54, 1.807) is 100 Å². The zero-order chi connectivity index (χ0) is 89.0. The number of halogens is 7. The van der Waals surface area contributed by atoms with E-state index in [0.717, 1.165) is 25.7 Å². The van der Waals surface area contributed by atoms with E-state index in [4.69, 9.17) is 5.73 Å². The molecule has 660 valence electrons. The van der Waals surface area contributed by atoms with E-state index in [1.807, 2.05) is 34.6 Å². The van der Waals surface area contributed by atoms with Gasteiger partial charge in [-0.15, -0.1) is 12.4 Å². The number of hydrogen-bond acceptors (Lipinski definition) is 20. The number of fused-ring (bicyclic) bond motifs is 2. The summed E-state index contributed by atoms with van der Waals surface area (Å²) in [5.74, 6) is -10.1. The summed E-state index contributed by atoms with van der Waals surface area (Å²) in [7, 11) is 6.21. The molecule has 2 aromatic carbocycles. The third-order valence-electron chi connectivity index (χ3n) is 22.6. The van der Waals surface area contributed by atoms with Gasteiger partial charge in [0.2, 0.25) is 70.0 Å². The molecule has 12 atom stereocenters. The summed E-state index contributed by atoms with van der Waals surface area (Å²) in [6.07, 6.45) is -9.47. The fourth-order valence-electron chi connectivity index (χ4n) is 14.4. The van der Waals surface area contributed by atoms with Gasteiger partial charge in [-0.3, -0.25) is 72.0 Å². The topological polar surface area (TPSA) is 427 Å². The van der Waals surface area contributed by atoms with Crippen LogP contribution in [-0.2, 0) is 81.4 Å². The number of alkyl halides is 6. The molecule has 2 aromatic rings. The number of ketones is 2. The Balaban J connectivity index is 0.000000307. The van der Waals surface area contributed by atoms with Crippen LogP contribution in [0.15, 0.2) is 60.7 Å². The van der Waals surface area contributed by atoms with Crippen molar-refractivity contribution in [3.05, 3.63) is 71.8 Å². The van der Waals surface area contributed by atoms with Crippen LogP contribution in [-0.4, -0.2) is 234 Å². The van der Waals surface area contributed by atoms with Gasteiger partial charge < -0.3 is 72.0 Å². The predicted molar refractivity (Wildman–Crippen MR) is 416 cm³/mol. The van der Waals surface area contributed by atoms with Crippen LogP contribution in [0, 0.1) is 57.2 Å². The quantitative estimate of drug-likeness (QED) is 0.0223. The normalized spacial score (nSPS) is 21.6. The SMILES string of the molecule is CC(C)(OC(=O)ON1C(=O)CCC1=O)C(F)(F)F.CN(C)C(=O)[C@@H](NC(=O)CNC(=O)C(=O)C(CC1CC1)NC(=O)C1C2[C@H](CN1C(=O)C(N)C(C)(C)C)C2(C)C)c1ccccc1.CN(C)C(=O)[C@@H](NC(=O)CNC(=O)C(=O)C(CC1CC1)NC(=O)C1C2[C@H](CN1C(=O)C(NC(=O)OC(C)(C)C(F)(F)F)C(C)(C)C)C2(C)C)c1ccccc1.Cl. The van der Waals surface area contributed by atoms with Crippen LogP contribution in [0.4, 0.5) is 35.9 Å². The lowest BCUT2D eigenvalue weighted by Gasteiger charge is -2.38. The number of likely N-dealkylation sites (N-methyl/N-ethyl adjacent to an activating group) is 2. The minimum Gasteiger partial charge on any atom is -0.434 e. The summed E-state index contributed by atoms with van der Waals surface area (Å²) in [5.41, 5.74) is -0.294. The van der Waals surface area contributed by atoms with Crippen LogP contribution in [0.1, 0.15) is 172 Å². The average molecular weight is 1710 g/mol. The minimum absolute atomic E-state index is 0. The fraction of sp³-hybridized carbons (Fsp3) is 0.650. The third kappa shape index (κ3) is 24.4. The van der Waals surface area contributed by atoms with Crippen LogP contribution >= 0.6 is 12.4 Å². The standard InChI is InChI=1S/C38H53F3N6O8.C33H48N6O6.C9H10F3NO5.ClH/c1-35(2,3)29(45-34(54)55-37(6,7)38(39,40)41)33(53)47-19-22-25(36(22,4)5)27(47)30(50)43-23(17-20-15-16-20)28(49)31(51)42-18-24(48)44-26(32(52)46(8)9)21-13-11-10-12-14-21;1-32(2,3)27(34)31(45)39-17-20-23(33(20,4)5)25(39)28(42)36-21(15-18-13-14-18)26(41)29(43)35-16-22(40)37-24(30(44)38(6)7)19-11-9-8-10-12-19;1-8(2,9(10,11)12)17-7(16)18-13-5(14)3-4-6(13)15;/h10-14,20,22-23,25-27,29H,15-19H2,1-9H3,(H,42,51)(H,43,50)(H,44,48)(H,45,54);8-12,18,20-21,23-25,27H,13-17,34H2,1-7H3,(H,35,43)(H,36,42)(H,37,40);3-4H2,1-2H3;1H/t22-,23?,25?,26-,27?,29?;20-,21?,23?,24-,25?,27?;;/m00../s1. The van der Waals surface area contributed by atoms with Crippen LogP contribution in [0.25, 0.3) is 0 Å². The van der Waals surface area contributed by atoms with E-state index in [2.05, 4.69) is 65.4 Å². The molecule has 7 fully saturated rings. The summed E-state index contributed by atoms with van der Waals surface area (Å²) < 4.78 is 86.2. The predicted octanol–water partition coefficient (Wildman–Crippen LogP) is 5.59. The number of hydrogen-bond donors (Lipinski definition) is 8. The first-order valence-corrected chi connectivity index (χ1v) is 38.9. The monoisotopic (exact) mass is 1710 g/mol. The maximum absolute atomic E-state index is 14.2. The number of piperidine rings is 2. The number of likely N-dealkylation sites (tertiary alicyclic amines) is 2. The van der Waals surface area contributed by atoms with Crippen molar-refractivity contribution in [2.24, 2.45) is 62.9 Å². The number of ether oxygens (including phenoxy) is 2. The van der Waals surface area contributed by atoms with Gasteiger partial charge >= 0.3 is 24.6 Å². The van der Waals surface area contributed by atoms with Gasteiger partial charge in [0.15, 0.2) is 0 Å². The number of carbonyl (C=O) groups is 16. The summed E-state index contributed by atoms with van der Waals surface area (Å²) in [6.45, 7) is 20.4. The number of nitrogens with one attached hydrogen (secondary N) is 7. The molecule has 39 heteroatoms. The first-order chi connectivity index (χ1) is 54.3. The zero-order valence-corrected chi connectivity index (χ0v) is 70.9. The Labute approximate surface area is 692 Å². The van der Waals surface area contributed by atoms with E-state index in [1.165, 1.54) is 28.8 Å².